The van der Waals surface area contributed by atoms with E-state index >= 15 is 0 Å². The number of rotatable bonds is 4. The average Bonchev–Trinajstić information content (AvgIpc) is 2.93. The zero-order valence-corrected chi connectivity index (χ0v) is 14.0. The highest BCUT2D eigenvalue weighted by molar-refractivity contribution is 7.90. The lowest BCUT2D eigenvalue weighted by Gasteiger charge is -2.27. The molecule has 0 unspecified atom stereocenters. The fourth-order valence-corrected chi connectivity index (χ4v) is 3.37. The molecule has 8 nitrogen and oxygen atoms in total. The van der Waals surface area contributed by atoms with Gasteiger partial charge in [-0.05, 0) is 25.0 Å². The topological polar surface area (TPSA) is 101 Å². The van der Waals surface area contributed by atoms with E-state index in [4.69, 9.17) is 0 Å². The summed E-state index contributed by atoms with van der Waals surface area (Å²) in [4.78, 5) is 26.0. The molecule has 1 aliphatic rings. The van der Waals surface area contributed by atoms with E-state index in [1.54, 1.807) is 19.0 Å². The molecule has 1 amide bonds. The van der Waals surface area contributed by atoms with E-state index in [0.717, 1.165) is 18.7 Å². The second kappa shape index (κ2) is 6.15. The van der Waals surface area contributed by atoms with Crippen molar-refractivity contribution in [3.05, 3.63) is 28.3 Å². The molecule has 2 rings (SSSR count). The van der Waals surface area contributed by atoms with Gasteiger partial charge in [0.25, 0.3) is 5.69 Å². The van der Waals surface area contributed by atoms with Crippen LogP contribution in [0.2, 0.25) is 0 Å². The number of anilines is 1. The predicted octanol–water partition coefficient (Wildman–Crippen LogP) is 1.06. The summed E-state index contributed by atoms with van der Waals surface area (Å²) < 4.78 is 23.2. The first-order chi connectivity index (χ1) is 10.6. The molecule has 1 atom stereocenters. The van der Waals surface area contributed by atoms with Crippen molar-refractivity contribution < 1.29 is 18.1 Å². The number of hydrogen-bond donors (Lipinski definition) is 0. The van der Waals surface area contributed by atoms with Gasteiger partial charge >= 0.3 is 0 Å². The van der Waals surface area contributed by atoms with Crippen molar-refractivity contribution in [1.82, 2.24) is 4.90 Å². The number of nitro benzene ring substituents is 1. The van der Waals surface area contributed by atoms with Crippen LogP contribution in [0.15, 0.2) is 23.1 Å². The molecule has 1 aliphatic heterocycles. The third-order valence-corrected chi connectivity index (χ3v) is 4.97. The van der Waals surface area contributed by atoms with Gasteiger partial charge in [0.2, 0.25) is 5.91 Å². The van der Waals surface area contributed by atoms with E-state index in [-0.39, 0.29) is 22.2 Å². The number of likely N-dealkylation sites (N-methyl/N-ethyl adjacent to an activating group) is 1. The lowest BCUT2D eigenvalue weighted by molar-refractivity contribution is -0.384. The number of sulfone groups is 1. The molecule has 0 aromatic heterocycles. The van der Waals surface area contributed by atoms with E-state index in [9.17, 15) is 23.3 Å². The summed E-state index contributed by atoms with van der Waals surface area (Å²) in [5.74, 6) is -0.121. The monoisotopic (exact) mass is 341 g/mol. The number of nitro groups is 1. The molecule has 1 saturated heterocycles. The van der Waals surface area contributed by atoms with Crippen LogP contribution in [0.3, 0.4) is 0 Å². The first-order valence-electron chi connectivity index (χ1n) is 7.09. The largest absolute Gasteiger partial charge is 0.354 e. The van der Waals surface area contributed by atoms with Crippen LogP contribution < -0.4 is 4.90 Å². The number of carbonyl (C=O) groups excluding carboxylic acids is 1. The molecule has 0 N–H and O–H groups in total. The van der Waals surface area contributed by atoms with Gasteiger partial charge in [0.15, 0.2) is 9.84 Å². The molecule has 1 aromatic carbocycles. The van der Waals surface area contributed by atoms with Crippen LogP contribution in [-0.2, 0) is 14.6 Å². The molecule has 1 heterocycles. The molecule has 0 saturated carbocycles. The average molecular weight is 341 g/mol. The quantitative estimate of drug-likeness (QED) is 0.599. The molecule has 0 aliphatic carbocycles. The Hall–Kier alpha value is -2.16. The summed E-state index contributed by atoms with van der Waals surface area (Å²) in [5, 5.41) is 11.4. The van der Waals surface area contributed by atoms with Gasteiger partial charge < -0.3 is 9.80 Å². The summed E-state index contributed by atoms with van der Waals surface area (Å²) in [5.41, 5.74) is -0.0218. The molecule has 0 bridgehead atoms. The van der Waals surface area contributed by atoms with Crippen LogP contribution in [0.5, 0.6) is 0 Å². The summed E-state index contributed by atoms with van der Waals surface area (Å²) in [7, 11) is -0.263. The van der Waals surface area contributed by atoms with Crippen LogP contribution in [-0.4, -0.2) is 57.1 Å². The smallest absolute Gasteiger partial charge is 0.293 e. The lowest BCUT2D eigenvalue weighted by atomic mass is 10.1. The summed E-state index contributed by atoms with van der Waals surface area (Å²) in [6, 6.07) is 3.34. The first-order valence-corrected chi connectivity index (χ1v) is 8.98. The maximum Gasteiger partial charge on any atom is 0.293 e. The van der Waals surface area contributed by atoms with Crippen LogP contribution >= 0.6 is 0 Å². The van der Waals surface area contributed by atoms with Gasteiger partial charge in [-0.1, -0.05) is 0 Å². The summed E-state index contributed by atoms with van der Waals surface area (Å²) >= 11 is 0. The molecule has 0 radical (unpaired) electrons. The van der Waals surface area contributed by atoms with Crippen molar-refractivity contribution in [3.8, 4) is 0 Å². The Kier molecular flexibility index (Phi) is 4.60. The Morgan fingerprint density at radius 1 is 1.39 bits per heavy atom. The minimum absolute atomic E-state index is 0.109. The van der Waals surface area contributed by atoms with Crippen molar-refractivity contribution in [3.63, 3.8) is 0 Å². The van der Waals surface area contributed by atoms with Gasteiger partial charge in [-0.15, -0.1) is 0 Å². The lowest BCUT2D eigenvalue weighted by Crippen LogP contribution is -2.43. The van der Waals surface area contributed by atoms with E-state index in [1.807, 2.05) is 0 Å². The predicted molar refractivity (Wildman–Crippen MR) is 85.3 cm³/mol. The molecule has 1 fully saturated rings. The van der Waals surface area contributed by atoms with Gasteiger partial charge in [-0.2, -0.15) is 0 Å². The normalized spacial score (nSPS) is 18.0. The highest BCUT2D eigenvalue weighted by Crippen LogP contribution is 2.35. The highest BCUT2D eigenvalue weighted by Gasteiger charge is 2.35. The zero-order chi connectivity index (χ0) is 17.4. The van der Waals surface area contributed by atoms with Crippen LogP contribution in [0.25, 0.3) is 0 Å². The second-order valence-electron chi connectivity index (χ2n) is 5.76. The Balaban J connectivity index is 2.50. The zero-order valence-electron chi connectivity index (χ0n) is 13.2. The van der Waals surface area contributed by atoms with Crippen LogP contribution in [0.1, 0.15) is 12.8 Å². The van der Waals surface area contributed by atoms with Crippen molar-refractivity contribution in [2.45, 2.75) is 23.8 Å². The van der Waals surface area contributed by atoms with Gasteiger partial charge in [0.05, 0.1) is 9.82 Å². The number of nitrogens with zero attached hydrogens (tertiary/aromatic N) is 3. The fourth-order valence-electron chi connectivity index (χ4n) is 2.73. The van der Waals surface area contributed by atoms with Gasteiger partial charge in [-0.3, -0.25) is 14.9 Å². The Bertz CT molecular complexity index is 745. The summed E-state index contributed by atoms with van der Waals surface area (Å²) in [6.07, 6.45) is 2.36. The van der Waals surface area contributed by atoms with Crippen LogP contribution in [0, 0.1) is 10.1 Å². The third kappa shape index (κ3) is 3.44. The molecule has 126 valence electrons. The van der Waals surface area contributed by atoms with E-state index in [0.29, 0.717) is 13.0 Å². The molecular formula is C14H19N3O5S. The molecular weight excluding hydrogens is 322 g/mol. The Morgan fingerprint density at radius 2 is 2.04 bits per heavy atom. The Labute approximate surface area is 134 Å². The van der Waals surface area contributed by atoms with Crippen molar-refractivity contribution in [2.75, 3.05) is 31.8 Å². The van der Waals surface area contributed by atoms with Gasteiger partial charge in [0.1, 0.15) is 11.7 Å². The molecule has 9 heteroatoms. The SMILES string of the molecule is CN(C)C(=O)[C@H]1CCCN1c1ccc(S(C)(=O)=O)cc1[N+](=O)[O-]. The first kappa shape index (κ1) is 17.2. The maximum atomic E-state index is 12.3. The van der Waals surface area contributed by atoms with Crippen molar-refractivity contribution in [2.24, 2.45) is 0 Å². The van der Waals surface area contributed by atoms with E-state index in [2.05, 4.69) is 0 Å². The van der Waals surface area contributed by atoms with E-state index in [1.165, 1.54) is 17.0 Å². The van der Waals surface area contributed by atoms with Gasteiger partial charge in [-0.25, -0.2) is 8.42 Å². The Morgan fingerprint density at radius 3 is 2.57 bits per heavy atom. The minimum Gasteiger partial charge on any atom is -0.354 e. The molecule has 0 spiro atoms. The number of carbonyl (C=O) groups is 1. The van der Waals surface area contributed by atoms with Gasteiger partial charge in [0, 0.05) is 33.0 Å². The maximum absolute atomic E-state index is 12.3. The number of benzene rings is 1. The van der Waals surface area contributed by atoms with Crippen LogP contribution in [0.4, 0.5) is 11.4 Å². The standard InChI is InChI=1S/C14H19N3O5S/c1-15(2)14(18)12-5-4-8-16(12)11-7-6-10(23(3,21)22)9-13(11)17(19)20/h6-7,9,12H,4-5,8H2,1-3H3/t12-/m1/s1. The summed E-state index contributed by atoms with van der Waals surface area (Å²) in [6.45, 7) is 0.517. The fraction of sp³-hybridized carbons (Fsp3) is 0.500. The van der Waals surface area contributed by atoms with Crippen molar-refractivity contribution in [1.29, 1.82) is 0 Å². The number of hydrogen-bond acceptors (Lipinski definition) is 6. The highest BCUT2D eigenvalue weighted by atomic mass is 32.2. The van der Waals surface area contributed by atoms with E-state index < -0.39 is 20.8 Å². The minimum atomic E-state index is -3.54. The second-order valence-corrected chi connectivity index (χ2v) is 7.78. The molecule has 1 aromatic rings. The molecule has 23 heavy (non-hydrogen) atoms. The van der Waals surface area contributed by atoms with Crippen molar-refractivity contribution >= 4 is 27.1 Å². The number of amides is 1. The third-order valence-electron chi connectivity index (χ3n) is 3.86.